The molecule has 1 aliphatic rings. The second-order valence-corrected chi connectivity index (χ2v) is 11.9. The highest BCUT2D eigenvalue weighted by Crippen LogP contribution is 2.32. The first kappa shape index (κ1) is 25.6. The van der Waals surface area contributed by atoms with Crippen molar-refractivity contribution in [3.8, 4) is 11.5 Å². The lowest BCUT2D eigenvalue weighted by atomic mass is 10.0. The van der Waals surface area contributed by atoms with Gasteiger partial charge < -0.3 is 10.1 Å². The topological polar surface area (TPSA) is 84.4 Å². The lowest BCUT2D eigenvalue weighted by molar-refractivity contribution is 0.391. The summed E-state index contributed by atoms with van der Waals surface area (Å²) >= 11 is 12.1. The molecule has 10 heteroatoms. The Morgan fingerprint density at radius 3 is 2.44 bits per heavy atom. The molecule has 0 amide bonds. The van der Waals surface area contributed by atoms with Gasteiger partial charge in [0.2, 0.25) is 10.0 Å². The average molecular weight is 577 g/mol. The van der Waals surface area contributed by atoms with E-state index in [1.807, 2.05) is 36.4 Å². The molecular weight excluding hydrogens is 555 g/mol. The Morgan fingerprint density at radius 2 is 1.64 bits per heavy atom. The number of aromatic nitrogens is 2. The summed E-state index contributed by atoms with van der Waals surface area (Å²) in [6.45, 7) is 0.592. The van der Waals surface area contributed by atoms with Crippen LogP contribution in [0.15, 0.2) is 96.2 Å². The first-order chi connectivity index (χ1) is 18.8. The van der Waals surface area contributed by atoms with Crippen molar-refractivity contribution < 1.29 is 13.2 Å². The summed E-state index contributed by atoms with van der Waals surface area (Å²) in [5.74, 6) is 1.65. The van der Waals surface area contributed by atoms with Crippen LogP contribution in [0.1, 0.15) is 11.1 Å². The third kappa shape index (κ3) is 5.42. The number of nitrogens with zero attached hydrogens (tertiary/aromatic N) is 3. The molecule has 0 fully saturated rings. The molecule has 0 atom stereocenters. The zero-order valence-corrected chi connectivity index (χ0v) is 22.8. The number of para-hydroxylation sites is 1. The number of benzene rings is 3. The highest BCUT2D eigenvalue weighted by molar-refractivity contribution is 7.89. The van der Waals surface area contributed by atoms with Crippen LogP contribution in [0.5, 0.6) is 11.5 Å². The molecule has 7 nitrogen and oxygen atoms in total. The van der Waals surface area contributed by atoms with Crippen LogP contribution >= 0.6 is 23.2 Å². The molecule has 0 unspecified atom stereocenters. The van der Waals surface area contributed by atoms with Crippen molar-refractivity contribution >= 4 is 55.6 Å². The Hall–Kier alpha value is -3.69. The number of fused-ring (bicyclic) bond motifs is 2. The fraction of sp³-hybridized carbons (Fsp3) is 0.103. The highest BCUT2D eigenvalue weighted by Gasteiger charge is 2.29. The maximum Gasteiger partial charge on any atom is 0.243 e. The maximum absolute atomic E-state index is 13.5. The summed E-state index contributed by atoms with van der Waals surface area (Å²) < 4.78 is 34.2. The Bertz CT molecular complexity index is 1780. The number of halogens is 2. The first-order valence-electron chi connectivity index (χ1n) is 12.2. The molecule has 0 saturated carbocycles. The SMILES string of the molecule is O=S(=O)(c1ccc(Oc2cc(Cl)cc(Cl)c2)cc1)N1CCc2c(ccnc2Nc2cnc3ccccc3c2)C1. The zero-order chi connectivity index (χ0) is 27.0. The van der Waals surface area contributed by atoms with E-state index in [1.54, 1.807) is 54.9 Å². The van der Waals surface area contributed by atoms with Gasteiger partial charge in [0.1, 0.15) is 17.3 Å². The van der Waals surface area contributed by atoms with Crippen LogP contribution in [-0.4, -0.2) is 29.2 Å². The van der Waals surface area contributed by atoms with E-state index in [0.29, 0.717) is 40.3 Å². The van der Waals surface area contributed by atoms with Gasteiger partial charge in [-0.15, -0.1) is 0 Å². The molecule has 3 heterocycles. The molecule has 0 bridgehead atoms. The average Bonchev–Trinajstić information content (AvgIpc) is 2.92. The molecule has 0 saturated heterocycles. The van der Waals surface area contributed by atoms with E-state index in [4.69, 9.17) is 27.9 Å². The fourth-order valence-corrected chi connectivity index (χ4v) is 6.53. The van der Waals surface area contributed by atoms with E-state index < -0.39 is 10.0 Å². The second-order valence-electron chi connectivity index (χ2n) is 9.11. The normalized spacial score (nSPS) is 13.7. The van der Waals surface area contributed by atoms with E-state index in [9.17, 15) is 8.42 Å². The fourth-order valence-electron chi connectivity index (χ4n) is 4.61. The molecule has 196 valence electrons. The number of hydrogen-bond donors (Lipinski definition) is 1. The molecule has 0 spiro atoms. The second kappa shape index (κ2) is 10.5. The van der Waals surface area contributed by atoms with Crippen LogP contribution in [0.3, 0.4) is 0 Å². The summed E-state index contributed by atoms with van der Waals surface area (Å²) in [6.07, 6.45) is 4.00. The van der Waals surface area contributed by atoms with E-state index in [0.717, 1.165) is 27.7 Å². The van der Waals surface area contributed by atoms with Crippen LogP contribution in [-0.2, 0) is 23.0 Å². The van der Waals surface area contributed by atoms with Gasteiger partial charge in [-0.25, -0.2) is 13.4 Å². The van der Waals surface area contributed by atoms with Crippen molar-refractivity contribution in [2.75, 3.05) is 11.9 Å². The number of anilines is 2. The molecule has 0 aliphatic carbocycles. The monoisotopic (exact) mass is 576 g/mol. The van der Waals surface area contributed by atoms with Crippen molar-refractivity contribution in [3.05, 3.63) is 112 Å². The smallest absolute Gasteiger partial charge is 0.243 e. The molecule has 0 radical (unpaired) electrons. The number of sulfonamides is 1. The molecule has 39 heavy (non-hydrogen) atoms. The van der Waals surface area contributed by atoms with Crippen LogP contribution in [0, 0.1) is 0 Å². The van der Waals surface area contributed by atoms with E-state index in [1.165, 1.54) is 4.31 Å². The number of hydrogen-bond acceptors (Lipinski definition) is 6. The standard InChI is InChI=1S/C29H22Cl2N4O3S/c30-21-14-22(31)16-25(15-21)38-24-5-7-26(8-6-24)39(36,37)35-12-10-27-20(18-35)9-11-32-29(27)34-23-13-19-3-1-2-4-28(19)33-17-23/h1-9,11,13-17H,10,12,18H2,(H,32,34). The first-order valence-corrected chi connectivity index (χ1v) is 14.4. The highest BCUT2D eigenvalue weighted by atomic mass is 35.5. The van der Waals surface area contributed by atoms with Gasteiger partial charge in [-0.2, -0.15) is 4.31 Å². The number of rotatable bonds is 6. The lowest BCUT2D eigenvalue weighted by Gasteiger charge is -2.29. The van der Waals surface area contributed by atoms with Crippen molar-refractivity contribution in [3.63, 3.8) is 0 Å². The summed E-state index contributed by atoms with van der Waals surface area (Å²) in [5, 5.41) is 5.29. The molecule has 5 aromatic rings. The van der Waals surface area contributed by atoms with Gasteiger partial charge in [0, 0.05) is 40.3 Å². The van der Waals surface area contributed by atoms with E-state index >= 15 is 0 Å². The lowest BCUT2D eigenvalue weighted by Crippen LogP contribution is -2.36. The molecule has 1 N–H and O–H groups in total. The van der Waals surface area contributed by atoms with Gasteiger partial charge in [0.25, 0.3) is 0 Å². The molecule has 1 aliphatic heterocycles. The van der Waals surface area contributed by atoms with Gasteiger partial charge in [-0.05, 0) is 72.6 Å². The maximum atomic E-state index is 13.5. The quantitative estimate of drug-likeness (QED) is 0.230. The molecule has 3 aromatic carbocycles. The molecular formula is C29H22Cl2N4O3S. The summed E-state index contributed by atoms with van der Waals surface area (Å²) in [6, 6.07) is 23.0. The molecule has 2 aromatic heterocycles. The predicted octanol–water partition coefficient (Wildman–Crippen LogP) is 7.22. The summed E-state index contributed by atoms with van der Waals surface area (Å²) in [4.78, 5) is 9.23. The Morgan fingerprint density at radius 1 is 0.872 bits per heavy atom. The van der Waals surface area contributed by atoms with Gasteiger partial charge in [-0.1, -0.05) is 41.4 Å². The summed E-state index contributed by atoms with van der Waals surface area (Å²) in [5.41, 5.74) is 3.65. The zero-order valence-electron chi connectivity index (χ0n) is 20.5. The molecule has 6 rings (SSSR count). The van der Waals surface area contributed by atoms with Crippen molar-refractivity contribution in [2.24, 2.45) is 0 Å². The largest absolute Gasteiger partial charge is 0.457 e. The van der Waals surface area contributed by atoms with E-state index in [2.05, 4.69) is 15.3 Å². The summed E-state index contributed by atoms with van der Waals surface area (Å²) in [7, 11) is -3.72. The number of pyridine rings is 2. The van der Waals surface area contributed by atoms with Crippen LogP contribution in [0.2, 0.25) is 10.0 Å². The van der Waals surface area contributed by atoms with Crippen LogP contribution in [0.25, 0.3) is 10.9 Å². The van der Waals surface area contributed by atoms with Crippen LogP contribution < -0.4 is 10.1 Å². The predicted molar refractivity (Wildman–Crippen MR) is 154 cm³/mol. The van der Waals surface area contributed by atoms with Gasteiger partial charge in [-0.3, -0.25) is 4.98 Å². The Labute approximate surface area is 236 Å². The van der Waals surface area contributed by atoms with Crippen molar-refractivity contribution in [1.29, 1.82) is 0 Å². The Balaban J connectivity index is 1.19. The minimum atomic E-state index is -3.72. The Kier molecular flexibility index (Phi) is 6.86. The van der Waals surface area contributed by atoms with Gasteiger partial charge >= 0.3 is 0 Å². The number of nitrogens with one attached hydrogen (secondary N) is 1. The third-order valence-electron chi connectivity index (χ3n) is 6.50. The van der Waals surface area contributed by atoms with Gasteiger partial charge in [0.15, 0.2) is 0 Å². The minimum absolute atomic E-state index is 0.192. The van der Waals surface area contributed by atoms with Crippen LogP contribution in [0.4, 0.5) is 11.5 Å². The van der Waals surface area contributed by atoms with Crippen molar-refractivity contribution in [2.45, 2.75) is 17.9 Å². The van der Waals surface area contributed by atoms with Crippen molar-refractivity contribution in [1.82, 2.24) is 14.3 Å². The van der Waals surface area contributed by atoms with E-state index in [-0.39, 0.29) is 11.4 Å². The number of ether oxygens (including phenoxy) is 1. The minimum Gasteiger partial charge on any atom is -0.457 e. The third-order valence-corrected chi connectivity index (χ3v) is 8.79. The van der Waals surface area contributed by atoms with Gasteiger partial charge in [0.05, 0.1) is 22.3 Å².